The molecule has 0 bridgehead atoms. The average Bonchev–Trinajstić information content (AvgIpc) is 2.65. The molecule has 1 N–H and O–H groups in total. The van der Waals surface area contributed by atoms with Crippen molar-refractivity contribution in [1.29, 1.82) is 0 Å². The normalized spacial score (nSPS) is 18.2. The Morgan fingerprint density at radius 1 is 1.33 bits per heavy atom. The second-order valence-electron chi connectivity index (χ2n) is 3.03. The van der Waals surface area contributed by atoms with Crippen LogP contribution in [0.4, 0.5) is 0 Å². The summed E-state index contributed by atoms with van der Waals surface area (Å²) < 4.78 is 24.7. The minimum atomic E-state index is -3.24. The maximum atomic E-state index is 11.2. The van der Waals surface area contributed by atoms with E-state index in [0.717, 1.165) is 0 Å². The van der Waals surface area contributed by atoms with E-state index < -0.39 is 10.0 Å². The van der Waals surface area contributed by atoms with Crippen LogP contribution in [0.1, 0.15) is 26.7 Å². The highest BCUT2D eigenvalue weighted by Gasteiger charge is 2.36. The van der Waals surface area contributed by atoms with Crippen molar-refractivity contribution in [3.05, 3.63) is 6.04 Å². The van der Waals surface area contributed by atoms with Gasteiger partial charge in [0.1, 0.15) is 6.04 Å². The molecule has 12 heavy (non-hydrogen) atoms. The molecule has 5 heteroatoms. The highest BCUT2D eigenvalue weighted by atomic mass is 32.2. The second-order valence-corrected chi connectivity index (χ2v) is 4.99. The van der Waals surface area contributed by atoms with Crippen LogP contribution >= 0.6 is 0 Å². The van der Waals surface area contributed by atoms with Gasteiger partial charge >= 0.3 is 0 Å². The van der Waals surface area contributed by atoms with Crippen LogP contribution in [0.25, 0.3) is 0 Å². The minimum Gasteiger partial charge on any atom is -0.298 e. The predicted octanol–water partition coefficient (Wildman–Crippen LogP) is 0.209. The molecule has 1 rings (SSSR count). The minimum absolute atomic E-state index is 0.196. The van der Waals surface area contributed by atoms with E-state index in [1.54, 1.807) is 0 Å². The van der Waals surface area contributed by atoms with Gasteiger partial charge in [0, 0.05) is 0 Å². The molecule has 1 fully saturated rings. The summed E-state index contributed by atoms with van der Waals surface area (Å²) in [4.78, 5) is 10.7. The lowest BCUT2D eigenvalue weighted by Crippen LogP contribution is -2.33. The fourth-order valence-corrected chi connectivity index (χ4v) is 2.24. The lowest BCUT2D eigenvalue weighted by atomic mass is 10.3. The summed E-state index contributed by atoms with van der Waals surface area (Å²) in [5, 5.41) is -0.271. The lowest BCUT2D eigenvalue weighted by molar-refractivity contribution is -0.115. The van der Waals surface area contributed by atoms with Gasteiger partial charge in [0.05, 0.1) is 5.25 Å². The molecule has 69 valence electrons. The topological polar surface area (TPSA) is 63.2 Å². The quantitative estimate of drug-likeness (QED) is 0.689. The molecule has 0 unspecified atom stereocenters. The van der Waals surface area contributed by atoms with E-state index in [4.69, 9.17) is 0 Å². The van der Waals surface area contributed by atoms with Gasteiger partial charge in [0.2, 0.25) is 10.0 Å². The number of hydrogen-bond acceptors (Lipinski definition) is 3. The highest BCUT2D eigenvalue weighted by molar-refractivity contribution is 7.90. The number of carbonyl (C=O) groups is 1. The molecule has 0 spiro atoms. The van der Waals surface area contributed by atoms with Crippen molar-refractivity contribution in [3.8, 4) is 0 Å². The zero-order chi connectivity index (χ0) is 9.35. The van der Waals surface area contributed by atoms with E-state index in [0.29, 0.717) is 12.8 Å². The molecule has 0 aliphatic heterocycles. The van der Waals surface area contributed by atoms with E-state index in [1.165, 1.54) is 13.8 Å². The Hall–Kier alpha value is -0.420. The Kier molecular flexibility index (Phi) is 2.53. The van der Waals surface area contributed by atoms with Crippen LogP contribution < -0.4 is 4.72 Å². The van der Waals surface area contributed by atoms with Crippen molar-refractivity contribution in [3.63, 3.8) is 0 Å². The lowest BCUT2D eigenvalue weighted by Gasteiger charge is -2.08. The van der Waals surface area contributed by atoms with E-state index >= 15 is 0 Å². The van der Waals surface area contributed by atoms with Gasteiger partial charge in [0.25, 0.3) is 0 Å². The van der Waals surface area contributed by atoms with Crippen LogP contribution in [0.2, 0.25) is 0 Å². The molecule has 0 saturated heterocycles. The van der Waals surface area contributed by atoms with Crippen LogP contribution in [0, 0.1) is 6.04 Å². The van der Waals surface area contributed by atoms with Crippen LogP contribution in [0.15, 0.2) is 0 Å². The number of nitrogens with one attached hydrogen (secondary N) is 1. The van der Waals surface area contributed by atoms with Crippen molar-refractivity contribution in [2.75, 3.05) is 0 Å². The van der Waals surface area contributed by atoms with E-state index in [2.05, 4.69) is 4.72 Å². The molecule has 0 atom stereocenters. The maximum absolute atomic E-state index is 11.2. The third kappa shape index (κ3) is 2.28. The molecule has 1 aliphatic carbocycles. The summed E-state index contributed by atoms with van der Waals surface area (Å²) in [6.45, 7) is 2.81. The summed E-state index contributed by atoms with van der Waals surface area (Å²) in [7, 11) is -3.24. The molecule has 0 aromatic carbocycles. The van der Waals surface area contributed by atoms with Gasteiger partial charge in [-0.25, -0.2) is 8.42 Å². The van der Waals surface area contributed by atoms with Gasteiger partial charge in [-0.15, -0.1) is 0 Å². The Morgan fingerprint density at radius 2 is 1.83 bits per heavy atom. The second kappa shape index (κ2) is 3.14. The van der Waals surface area contributed by atoms with Crippen molar-refractivity contribution in [1.82, 2.24) is 4.72 Å². The molecule has 1 aliphatic rings. The number of hydrogen-bond donors (Lipinski definition) is 1. The van der Waals surface area contributed by atoms with Crippen LogP contribution in [0.3, 0.4) is 0 Å². The Balaban J connectivity index is 2.55. The van der Waals surface area contributed by atoms with E-state index in [-0.39, 0.29) is 17.1 Å². The maximum Gasteiger partial charge on any atom is 0.215 e. The molecule has 1 radical (unpaired) electrons. The Bertz CT molecular complexity index is 279. The summed E-state index contributed by atoms with van der Waals surface area (Å²) >= 11 is 0. The van der Waals surface area contributed by atoms with Crippen molar-refractivity contribution < 1.29 is 13.2 Å². The largest absolute Gasteiger partial charge is 0.298 e. The molecule has 0 aromatic rings. The van der Waals surface area contributed by atoms with Crippen LogP contribution in [-0.4, -0.2) is 19.5 Å². The van der Waals surface area contributed by atoms with Crippen LogP contribution in [0.5, 0.6) is 0 Å². The number of rotatable bonds is 4. The van der Waals surface area contributed by atoms with Gasteiger partial charge in [-0.3, -0.25) is 4.79 Å². The van der Waals surface area contributed by atoms with Gasteiger partial charge < -0.3 is 0 Å². The predicted molar refractivity (Wildman–Crippen MR) is 44.7 cm³/mol. The fourth-order valence-electron chi connectivity index (χ4n) is 0.747. The number of ketones is 1. The van der Waals surface area contributed by atoms with Crippen molar-refractivity contribution in [2.24, 2.45) is 0 Å². The fraction of sp³-hybridized carbons (Fsp3) is 0.714. The van der Waals surface area contributed by atoms with Crippen LogP contribution in [-0.2, 0) is 14.8 Å². The zero-order valence-corrected chi connectivity index (χ0v) is 7.94. The number of carbonyl (C=O) groups excluding carboxylic acids is 1. The molecule has 0 heterocycles. The summed E-state index contributed by atoms with van der Waals surface area (Å²) in [6.07, 6.45) is 1.42. The molecule has 4 nitrogen and oxygen atoms in total. The summed E-state index contributed by atoms with van der Waals surface area (Å²) in [5.74, 6) is -0.237. The molecular weight excluding hydrogens is 178 g/mol. The first-order valence-corrected chi connectivity index (χ1v) is 5.34. The first kappa shape index (κ1) is 9.67. The van der Waals surface area contributed by atoms with Gasteiger partial charge in [-0.1, -0.05) is 0 Å². The van der Waals surface area contributed by atoms with Gasteiger partial charge in [0.15, 0.2) is 5.78 Å². The monoisotopic (exact) mass is 190 g/mol. The summed E-state index contributed by atoms with van der Waals surface area (Å²) in [5.41, 5.74) is 0. The van der Waals surface area contributed by atoms with Gasteiger partial charge in [-0.05, 0) is 26.7 Å². The molecule has 0 aromatic heterocycles. The molecule has 0 amide bonds. The smallest absolute Gasteiger partial charge is 0.215 e. The third-order valence-corrected chi connectivity index (χ3v) is 3.73. The van der Waals surface area contributed by atoms with E-state index in [9.17, 15) is 13.2 Å². The van der Waals surface area contributed by atoms with Crippen molar-refractivity contribution >= 4 is 15.8 Å². The first-order chi connectivity index (χ1) is 5.43. The molecule has 1 saturated carbocycles. The number of Topliss-reactive ketones (excluding diaryl/α,β-unsaturated/α-hetero) is 1. The Labute approximate surface area is 72.4 Å². The highest BCUT2D eigenvalue weighted by Crippen LogP contribution is 2.28. The zero-order valence-electron chi connectivity index (χ0n) is 7.12. The summed E-state index contributed by atoms with van der Waals surface area (Å²) in [6, 6.07) is 0.196. The SMILES string of the molecule is C[C](NS(=O)(=O)C1CC1)C(C)=O. The first-order valence-electron chi connectivity index (χ1n) is 3.79. The van der Waals surface area contributed by atoms with Crippen molar-refractivity contribution in [2.45, 2.75) is 31.9 Å². The average molecular weight is 190 g/mol. The third-order valence-electron chi connectivity index (χ3n) is 1.79. The van der Waals surface area contributed by atoms with E-state index in [1.807, 2.05) is 0 Å². The van der Waals surface area contributed by atoms with Gasteiger partial charge in [-0.2, -0.15) is 4.72 Å². The Morgan fingerprint density at radius 3 is 2.17 bits per heavy atom. The number of sulfonamides is 1. The standard InChI is InChI=1S/C7H12NO3S/c1-5(6(2)9)8-12(10,11)7-3-4-7/h7-8H,3-4H2,1-2H3. The molecular formula is C7H12NO3S.